The third-order valence-electron chi connectivity index (χ3n) is 5.06. The molecule has 0 aliphatic heterocycles. The van der Waals surface area contributed by atoms with E-state index in [1.54, 1.807) is 18.2 Å². The van der Waals surface area contributed by atoms with Crippen LogP contribution in [0.25, 0.3) is 11.3 Å². The predicted molar refractivity (Wildman–Crippen MR) is 125 cm³/mol. The number of aromatic nitrogens is 2. The highest BCUT2D eigenvalue weighted by atomic mass is 16.5. The third-order valence-corrected chi connectivity index (χ3v) is 5.06. The summed E-state index contributed by atoms with van der Waals surface area (Å²) in [4.78, 5) is 20.2. The van der Waals surface area contributed by atoms with Crippen molar-refractivity contribution >= 4 is 11.8 Å². The molecule has 0 spiro atoms. The van der Waals surface area contributed by atoms with E-state index in [1.165, 1.54) is 18.5 Å². The van der Waals surface area contributed by atoms with Crippen LogP contribution in [-0.4, -0.2) is 32.2 Å². The molecule has 0 radical (unpaired) electrons. The Balaban J connectivity index is 1.43. The zero-order valence-electron chi connectivity index (χ0n) is 17.8. The number of phenols is 1. The molecular formula is C26H23N3O4. The van der Waals surface area contributed by atoms with Gasteiger partial charge in [-0.25, -0.2) is 14.8 Å². The van der Waals surface area contributed by atoms with Crippen molar-refractivity contribution in [2.24, 2.45) is 0 Å². The zero-order chi connectivity index (χ0) is 23.0. The van der Waals surface area contributed by atoms with Gasteiger partial charge in [-0.1, -0.05) is 42.5 Å². The van der Waals surface area contributed by atoms with Crippen molar-refractivity contribution in [3.05, 3.63) is 102 Å². The van der Waals surface area contributed by atoms with Crippen LogP contribution in [0, 0.1) is 0 Å². The number of hydrogen-bond acceptors (Lipinski definition) is 6. The van der Waals surface area contributed by atoms with Crippen LogP contribution in [0.1, 0.15) is 11.1 Å². The summed E-state index contributed by atoms with van der Waals surface area (Å²) in [6.07, 6.45) is 1.64. The Labute approximate surface area is 191 Å². The first-order valence-corrected chi connectivity index (χ1v) is 10.4. The van der Waals surface area contributed by atoms with E-state index in [0.29, 0.717) is 18.1 Å². The van der Waals surface area contributed by atoms with Crippen molar-refractivity contribution in [3.8, 4) is 22.8 Å². The molecule has 0 saturated carbocycles. The Bertz CT molecular complexity index is 1200. The summed E-state index contributed by atoms with van der Waals surface area (Å²) >= 11 is 0. The maximum Gasteiger partial charge on any atom is 0.326 e. The number of phenolic OH excluding ortho intramolecular Hbond substituents is 1. The second-order valence-corrected chi connectivity index (χ2v) is 7.49. The van der Waals surface area contributed by atoms with Gasteiger partial charge in [-0.05, 0) is 47.5 Å². The normalized spacial score (nSPS) is 11.5. The number of aliphatic carboxylic acids is 1. The maximum atomic E-state index is 11.8. The lowest BCUT2D eigenvalue weighted by molar-refractivity contribution is -0.137. The first-order chi connectivity index (χ1) is 16.1. The van der Waals surface area contributed by atoms with Crippen molar-refractivity contribution in [3.63, 3.8) is 0 Å². The fourth-order valence-electron chi connectivity index (χ4n) is 3.30. The highest BCUT2D eigenvalue weighted by Crippen LogP contribution is 2.23. The molecule has 3 aromatic carbocycles. The van der Waals surface area contributed by atoms with Gasteiger partial charge in [0.1, 0.15) is 36.3 Å². The number of nitrogens with zero attached hydrogens (tertiary/aromatic N) is 2. The van der Waals surface area contributed by atoms with Gasteiger partial charge in [-0.15, -0.1) is 0 Å². The molecule has 0 saturated heterocycles. The van der Waals surface area contributed by atoms with Gasteiger partial charge in [-0.3, -0.25) is 0 Å². The van der Waals surface area contributed by atoms with Crippen molar-refractivity contribution < 1.29 is 19.7 Å². The molecule has 4 aromatic rings. The Kier molecular flexibility index (Phi) is 6.80. The van der Waals surface area contributed by atoms with E-state index in [4.69, 9.17) is 4.74 Å². The van der Waals surface area contributed by atoms with Crippen molar-refractivity contribution in [2.45, 2.75) is 19.1 Å². The lowest BCUT2D eigenvalue weighted by Crippen LogP contribution is -2.31. The topological polar surface area (TPSA) is 105 Å². The molecule has 1 unspecified atom stereocenters. The number of benzene rings is 3. The van der Waals surface area contributed by atoms with Crippen LogP contribution in [-0.2, 0) is 17.8 Å². The summed E-state index contributed by atoms with van der Waals surface area (Å²) in [5.74, 6) is 0.295. The van der Waals surface area contributed by atoms with Gasteiger partial charge in [-0.2, -0.15) is 0 Å². The summed E-state index contributed by atoms with van der Waals surface area (Å²) in [6, 6.07) is 24.8. The summed E-state index contributed by atoms with van der Waals surface area (Å²) < 4.78 is 5.82. The lowest BCUT2D eigenvalue weighted by Gasteiger charge is -2.15. The first kappa shape index (κ1) is 21.8. The molecule has 0 aliphatic rings. The van der Waals surface area contributed by atoms with E-state index in [-0.39, 0.29) is 12.2 Å². The summed E-state index contributed by atoms with van der Waals surface area (Å²) in [5.41, 5.74) is 3.40. The number of rotatable bonds is 9. The lowest BCUT2D eigenvalue weighted by atomic mass is 10.1. The average Bonchev–Trinajstić information content (AvgIpc) is 2.85. The van der Waals surface area contributed by atoms with Crippen molar-refractivity contribution in [1.29, 1.82) is 0 Å². The standard InChI is InChI=1S/C26H23N3O4/c30-21-10-6-18(7-11-21)14-24(26(31)32)29-25-15-23(27-17-28-25)20-8-12-22(13-9-20)33-16-19-4-2-1-3-5-19/h1-13,15,17,24,30H,14,16H2,(H,31,32)(H,27,28,29). The van der Waals surface area contributed by atoms with Crippen LogP contribution in [0.15, 0.2) is 91.3 Å². The molecule has 0 aliphatic carbocycles. The van der Waals surface area contributed by atoms with Gasteiger partial charge in [0.05, 0.1) is 5.69 Å². The van der Waals surface area contributed by atoms with Crippen LogP contribution in [0.2, 0.25) is 0 Å². The van der Waals surface area contributed by atoms with E-state index >= 15 is 0 Å². The SMILES string of the molecule is O=C(O)C(Cc1ccc(O)cc1)Nc1cc(-c2ccc(OCc3ccccc3)cc2)ncn1. The summed E-state index contributed by atoms with van der Waals surface area (Å²) in [7, 11) is 0. The molecule has 33 heavy (non-hydrogen) atoms. The predicted octanol–water partition coefficient (Wildman–Crippen LogP) is 4.54. The highest BCUT2D eigenvalue weighted by Gasteiger charge is 2.19. The monoisotopic (exact) mass is 441 g/mol. The number of hydrogen-bond donors (Lipinski definition) is 3. The van der Waals surface area contributed by atoms with Gasteiger partial charge < -0.3 is 20.3 Å². The van der Waals surface area contributed by atoms with Gasteiger partial charge in [0.25, 0.3) is 0 Å². The quantitative estimate of drug-likeness (QED) is 0.350. The molecule has 3 N–H and O–H groups in total. The molecule has 0 amide bonds. The second-order valence-electron chi connectivity index (χ2n) is 7.49. The Hall–Kier alpha value is -4.39. The van der Waals surface area contributed by atoms with E-state index in [0.717, 1.165) is 22.4 Å². The largest absolute Gasteiger partial charge is 0.508 e. The molecular weight excluding hydrogens is 418 g/mol. The van der Waals surface area contributed by atoms with Crippen molar-refractivity contribution in [1.82, 2.24) is 9.97 Å². The summed E-state index contributed by atoms with van der Waals surface area (Å²) in [6.45, 7) is 0.485. The average molecular weight is 441 g/mol. The Morgan fingerprint density at radius 3 is 2.33 bits per heavy atom. The van der Waals surface area contributed by atoms with Crippen LogP contribution in [0.4, 0.5) is 5.82 Å². The van der Waals surface area contributed by atoms with E-state index in [9.17, 15) is 15.0 Å². The van der Waals surface area contributed by atoms with Crippen LogP contribution in [0.3, 0.4) is 0 Å². The second kappa shape index (κ2) is 10.3. The number of nitrogens with one attached hydrogen (secondary N) is 1. The molecule has 7 nitrogen and oxygen atoms in total. The van der Waals surface area contributed by atoms with Crippen LogP contribution in [0.5, 0.6) is 11.5 Å². The number of aromatic hydroxyl groups is 1. The smallest absolute Gasteiger partial charge is 0.326 e. The molecule has 0 bridgehead atoms. The maximum absolute atomic E-state index is 11.8. The van der Waals surface area contributed by atoms with Crippen LogP contribution < -0.4 is 10.1 Å². The van der Waals surface area contributed by atoms with Gasteiger partial charge >= 0.3 is 5.97 Å². The minimum Gasteiger partial charge on any atom is -0.508 e. The summed E-state index contributed by atoms with van der Waals surface area (Å²) in [5, 5.41) is 22.0. The molecule has 7 heteroatoms. The fourth-order valence-corrected chi connectivity index (χ4v) is 3.30. The molecule has 1 atom stereocenters. The molecule has 4 rings (SSSR count). The highest BCUT2D eigenvalue weighted by molar-refractivity contribution is 5.77. The fraction of sp³-hybridized carbons (Fsp3) is 0.115. The first-order valence-electron chi connectivity index (χ1n) is 10.4. The van der Waals surface area contributed by atoms with Crippen molar-refractivity contribution in [2.75, 3.05) is 5.32 Å². The minimum absolute atomic E-state index is 0.135. The molecule has 1 heterocycles. The Morgan fingerprint density at radius 1 is 0.909 bits per heavy atom. The van der Waals surface area contributed by atoms with E-state index in [1.807, 2.05) is 54.6 Å². The molecule has 1 aromatic heterocycles. The minimum atomic E-state index is -0.997. The molecule has 166 valence electrons. The number of ether oxygens (including phenoxy) is 1. The third kappa shape index (κ3) is 6.07. The number of carboxylic acids is 1. The van der Waals surface area contributed by atoms with E-state index < -0.39 is 12.0 Å². The van der Waals surface area contributed by atoms with E-state index in [2.05, 4.69) is 15.3 Å². The zero-order valence-corrected chi connectivity index (χ0v) is 17.8. The van der Waals surface area contributed by atoms with Gasteiger partial charge in [0, 0.05) is 18.1 Å². The Morgan fingerprint density at radius 2 is 1.64 bits per heavy atom. The molecule has 0 fully saturated rings. The number of carbonyl (C=O) groups is 1. The van der Waals surface area contributed by atoms with Gasteiger partial charge in [0.2, 0.25) is 0 Å². The van der Waals surface area contributed by atoms with Gasteiger partial charge in [0.15, 0.2) is 0 Å². The number of carboxylic acid groups (broad SMARTS) is 1. The van der Waals surface area contributed by atoms with Crippen LogP contribution >= 0.6 is 0 Å². The number of anilines is 1.